The Balaban J connectivity index is 0.000000182. The average Bonchev–Trinajstić information content (AvgIpc) is 4.04. The van der Waals surface area contributed by atoms with Gasteiger partial charge in [-0.2, -0.15) is 0 Å². The Morgan fingerprint density at radius 3 is 1.88 bits per heavy atom. The first-order chi connectivity index (χ1) is 31.4. The number of rotatable bonds is 10. The Morgan fingerprint density at radius 1 is 0.754 bits per heavy atom. The molecule has 5 aromatic rings. The lowest BCUT2D eigenvalue weighted by Crippen LogP contribution is -2.47. The summed E-state index contributed by atoms with van der Waals surface area (Å²) in [6.45, 7) is 5.60. The van der Waals surface area contributed by atoms with E-state index in [9.17, 15) is 9.59 Å². The molecule has 0 spiro atoms. The van der Waals surface area contributed by atoms with Crippen LogP contribution >= 0.6 is 34.3 Å². The minimum absolute atomic E-state index is 0.0496. The lowest BCUT2D eigenvalue weighted by Gasteiger charge is -2.37. The van der Waals surface area contributed by atoms with Gasteiger partial charge in [0.25, 0.3) is 0 Å². The Morgan fingerprint density at radius 2 is 1.31 bits per heavy atom. The number of ether oxygens (including phenoxy) is 1. The van der Waals surface area contributed by atoms with Crippen molar-refractivity contribution in [3.05, 3.63) is 61.9 Å². The summed E-state index contributed by atoms with van der Waals surface area (Å²) in [6, 6.07) is 5.38. The number of thiophene rings is 2. The summed E-state index contributed by atoms with van der Waals surface area (Å²) in [5.74, 6) is 2.41. The van der Waals surface area contributed by atoms with Crippen molar-refractivity contribution in [2.45, 2.75) is 82.8 Å². The second-order valence-electron chi connectivity index (χ2n) is 19.0. The monoisotopic (exact) mass is 939 g/mol. The van der Waals surface area contributed by atoms with Gasteiger partial charge in [-0.25, -0.2) is 19.9 Å². The fraction of sp³-hybridized carbons (Fsp3) is 0.562. The van der Waals surface area contributed by atoms with Crippen LogP contribution in [0.25, 0.3) is 20.4 Å². The summed E-state index contributed by atoms with van der Waals surface area (Å²) in [5, 5.41) is 6.21. The van der Waals surface area contributed by atoms with Crippen molar-refractivity contribution >= 4 is 84.2 Å². The number of nitrogens with zero attached hydrogens (tertiary/aromatic N) is 10. The number of nitrogens with one attached hydrogen (secondary N) is 1. The smallest absolute Gasteiger partial charge is 0.226 e. The topological polar surface area (TPSA) is 136 Å². The van der Waals surface area contributed by atoms with Gasteiger partial charge >= 0.3 is 0 Å². The molecular formula is C48H62ClN11O3S2. The molecule has 4 aromatic heterocycles. The van der Waals surface area contributed by atoms with Crippen LogP contribution in [0.5, 0.6) is 5.75 Å². The fourth-order valence-electron chi connectivity index (χ4n) is 10.2. The SMILES string of the molecule is CN(C)C1CCN(C(=O)[C@H]2CCc3c(sc4ncnc(Cl)c34)C2)CC1.CN(C)CCOc1cc2c(cc1Nc1ncnc3sc4c(c13)CC[C@H](C(=O)N1CCC(N(C)C)CC1)C4)C=NC2. The molecule has 3 aliphatic heterocycles. The maximum absolute atomic E-state index is 13.5. The maximum atomic E-state index is 13.5. The van der Waals surface area contributed by atoms with Gasteiger partial charge in [0.1, 0.15) is 45.6 Å². The minimum atomic E-state index is 0.0496. The number of anilines is 2. The molecule has 0 unspecified atom stereocenters. The lowest BCUT2D eigenvalue weighted by atomic mass is 9.86. The minimum Gasteiger partial charge on any atom is -0.490 e. The number of carbonyl (C=O) groups excluding carboxylic acids is 2. The van der Waals surface area contributed by atoms with Crippen molar-refractivity contribution in [2.24, 2.45) is 16.8 Å². The number of aryl methyl sites for hydroxylation is 2. The zero-order valence-corrected chi connectivity index (χ0v) is 41.0. The van der Waals surface area contributed by atoms with Crippen LogP contribution in [0, 0.1) is 11.8 Å². The van der Waals surface area contributed by atoms with Gasteiger partial charge in [0.15, 0.2) is 0 Å². The van der Waals surface area contributed by atoms with Crippen molar-refractivity contribution in [3.63, 3.8) is 0 Å². The van der Waals surface area contributed by atoms with Crippen LogP contribution in [0.1, 0.15) is 70.5 Å². The molecule has 0 saturated carbocycles. The predicted molar refractivity (Wildman–Crippen MR) is 263 cm³/mol. The largest absolute Gasteiger partial charge is 0.490 e. The molecular weight excluding hydrogens is 878 g/mol. The van der Waals surface area contributed by atoms with E-state index in [0.717, 1.165) is 140 Å². The fourth-order valence-corrected chi connectivity index (χ4v) is 13.1. The number of hydrogen-bond acceptors (Lipinski definition) is 14. The second-order valence-corrected chi connectivity index (χ2v) is 21.5. The Hall–Kier alpha value is -4.32. The van der Waals surface area contributed by atoms with Crippen LogP contribution in [-0.4, -0.2) is 156 Å². The van der Waals surface area contributed by atoms with Gasteiger partial charge in [-0.3, -0.25) is 14.6 Å². The van der Waals surface area contributed by atoms with Gasteiger partial charge in [-0.05, 0) is 141 Å². The first-order valence-corrected chi connectivity index (χ1v) is 25.2. The van der Waals surface area contributed by atoms with Crippen molar-refractivity contribution < 1.29 is 14.3 Å². The van der Waals surface area contributed by atoms with E-state index in [1.165, 1.54) is 32.8 Å². The highest BCUT2D eigenvalue weighted by Gasteiger charge is 2.35. The molecule has 1 N–H and O–H groups in total. The van der Waals surface area contributed by atoms with Crippen molar-refractivity contribution in [2.75, 3.05) is 86.9 Å². The third-order valence-corrected chi connectivity index (χ3v) is 16.7. The second kappa shape index (κ2) is 19.9. The summed E-state index contributed by atoms with van der Waals surface area (Å²) < 4.78 is 6.22. The van der Waals surface area contributed by atoms with Crippen molar-refractivity contribution in [1.82, 2.24) is 44.4 Å². The summed E-state index contributed by atoms with van der Waals surface area (Å²) in [6.07, 6.45) is 14.5. The number of carbonyl (C=O) groups is 2. The number of likely N-dealkylation sites (N-methyl/N-ethyl adjacent to an activating group) is 1. The highest BCUT2D eigenvalue weighted by Crippen LogP contribution is 2.43. The van der Waals surface area contributed by atoms with E-state index in [1.54, 1.807) is 29.0 Å². The molecule has 2 saturated heterocycles. The maximum Gasteiger partial charge on any atom is 0.226 e. The summed E-state index contributed by atoms with van der Waals surface area (Å²) >= 11 is 9.66. The molecule has 65 heavy (non-hydrogen) atoms. The Bertz CT molecular complexity index is 2560. The van der Waals surface area contributed by atoms with E-state index in [2.05, 4.69) is 95.1 Å². The number of amides is 2. The number of benzene rings is 1. The molecule has 5 aliphatic rings. The molecule has 2 aliphatic carbocycles. The average molecular weight is 941 g/mol. The third-order valence-electron chi connectivity index (χ3n) is 14.1. The van der Waals surface area contributed by atoms with Crippen LogP contribution in [0.3, 0.4) is 0 Å². The zero-order valence-electron chi connectivity index (χ0n) is 38.6. The van der Waals surface area contributed by atoms with Crippen molar-refractivity contribution in [1.29, 1.82) is 0 Å². The molecule has 2 amide bonds. The van der Waals surface area contributed by atoms with Gasteiger partial charge < -0.3 is 34.6 Å². The van der Waals surface area contributed by atoms with E-state index in [1.807, 2.05) is 20.3 Å². The highest BCUT2D eigenvalue weighted by atomic mass is 35.5. The molecule has 7 heterocycles. The molecule has 2 fully saturated rings. The van der Waals surface area contributed by atoms with Gasteiger partial charge in [-0.1, -0.05) is 11.6 Å². The normalized spacial score (nSPS) is 20.0. The summed E-state index contributed by atoms with van der Waals surface area (Å²) in [5.41, 5.74) is 5.72. The third kappa shape index (κ3) is 9.89. The van der Waals surface area contributed by atoms with Gasteiger partial charge in [0, 0.05) is 72.6 Å². The first-order valence-electron chi connectivity index (χ1n) is 23.2. The van der Waals surface area contributed by atoms with E-state index >= 15 is 0 Å². The number of aromatic nitrogens is 4. The van der Waals surface area contributed by atoms with Gasteiger partial charge in [-0.15, -0.1) is 22.7 Å². The molecule has 0 radical (unpaired) electrons. The number of halogens is 1. The quantitative estimate of drug-likeness (QED) is 0.146. The van der Waals surface area contributed by atoms with Crippen LogP contribution < -0.4 is 10.1 Å². The molecule has 17 heteroatoms. The van der Waals surface area contributed by atoms with Crippen LogP contribution in [0.4, 0.5) is 11.5 Å². The number of piperidine rings is 2. The van der Waals surface area contributed by atoms with Crippen LogP contribution in [0.15, 0.2) is 29.8 Å². The Labute approximate surface area is 395 Å². The highest BCUT2D eigenvalue weighted by molar-refractivity contribution is 7.19. The van der Waals surface area contributed by atoms with Gasteiger partial charge in [0.05, 0.1) is 23.0 Å². The van der Waals surface area contributed by atoms with E-state index in [4.69, 9.17) is 16.3 Å². The number of hydrogen-bond donors (Lipinski definition) is 1. The molecule has 2 atom stereocenters. The standard InChI is InChI=1S/C30H39N7O2S.C18H23ClN4OS/c1-35(2)11-12-39-25-14-21-17-31-16-20(21)13-24(25)34-28-27-23-6-5-19(15-26(23)40-29(27)33-18-32-28)30(38)37-9-7-22(8-10-37)36(3)4;1-22(2)12-5-7-23(8-6-12)18(24)11-3-4-13-14(9-11)25-17-15(13)16(19)20-10-21-17/h13-14,16,18-19,22H,5-12,15,17H2,1-4H3,(H,32,33,34);10-12H,3-9H2,1-2H3/t19-;11-/m00/s1. The molecule has 346 valence electrons. The number of aliphatic imine (C=N–C) groups is 1. The molecule has 0 bridgehead atoms. The Kier molecular flexibility index (Phi) is 14.0. The zero-order chi connectivity index (χ0) is 45.4. The number of likely N-dealkylation sites (tertiary alicyclic amines) is 2. The summed E-state index contributed by atoms with van der Waals surface area (Å²) in [7, 11) is 12.6. The van der Waals surface area contributed by atoms with E-state index in [-0.39, 0.29) is 11.8 Å². The number of fused-ring (bicyclic) bond motifs is 7. The van der Waals surface area contributed by atoms with E-state index < -0.39 is 0 Å². The lowest BCUT2D eigenvalue weighted by molar-refractivity contribution is -0.138. The molecule has 14 nitrogen and oxygen atoms in total. The summed E-state index contributed by atoms with van der Waals surface area (Å²) in [4.78, 5) is 64.0. The molecule has 1 aromatic carbocycles. The van der Waals surface area contributed by atoms with E-state index in [0.29, 0.717) is 42.2 Å². The van der Waals surface area contributed by atoms with Crippen LogP contribution in [0.2, 0.25) is 5.15 Å². The van der Waals surface area contributed by atoms with Crippen LogP contribution in [-0.2, 0) is 41.8 Å². The van der Waals surface area contributed by atoms with Crippen molar-refractivity contribution in [3.8, 4) is 5.75 Å². The molecule has 10 rings (SSSR count). The first kappa shape index (κ1) is 45.8. The predicted octanol–water partition coefficient (Wildman–Crippen LogP) is 6.97. The van der Waals surface area contributed by atoms with Gasteiger partial charge in [0.2, 0.25) is 11.8 Å².